The van der Waals surface area contributed by atoms with Crippen LogP contribution < -0.4 is 4.84 Å². The van der Waals surface area contributed by atoms with E-state index in [0.717, 1.165) is 10.9 Å². The highest BCUT2D eigenvalue weighted by Crippen LogP contribution is 2.13. The van der Waals surface area contributed by atoms with Gasteiger partial charge in [0.15, 0.2) is 0 Å². The number of aromatic nitrogens is 2. The molecular weight excluding hydrogens is 220 g/mol. The quantitative estimate of drug-likeness (QED) is 0.711. The van der Waals surface area contributed by atoms with E-state index in [9.17, 15) is 4.79 Å². The Bertz CT molecular complexity index is 540. The van der Waals surface area contributed by atoms with E-state index in [1.807, 2.05) is 12.1 Å². The lowest BCUT2D eigenvalue weighted by Crippen LogP contribution is -2.29. The van der Waals surface area contributed by atoms with Gasteiger partial charge in [-0.3, -0.25) is 4.98 Å². The zero-order valence-corrected chi connectivity index (χ0v) is 10.0. The van der Waals surface area contributed by atoms with Crippen LogP contribution in [-0.4, -0.2) is 21.5 Å². The van der Waals surface area contributed by atoms with Gasteiger partial charge in [-0.15, -0.1) is 0 Å². The van der Waals surface area contributed by atoms with Crippen molar-refractivity contribution in [1.29, 1.82) is 0 Å². The monoisotopic (exact) mass is 234 g/mol. The highest BCUT2D eigenvalue weighted by atomic mass is 16.8. The maximum Gasteiger partial charge on any atom is 0.534 e. The molecule has 0 saturated carbocycles. The molecule has 2 heterocycles. The molecule has 0 saturated heterocycles. The number of nitrogens with zero attached hydrogens (tertiary/aromatic N) is 2. The molecule has 2 aromatic heterocycles. The van der Waals surface area contributed by atoms with Crippen molar-refractivity contribution in [2.24, 2.45) is 0 Å². The molecule has 0 fully saturated rings. The second-order valence-electron chi connectivity index (χ2n) is 4.63. The van der Waals surface area contributed by atoms with Crippen LogP contribution in [0.1, 0.15) is 20.8 Å². The van der Waals surface area contributed by atoms with Crippen molar-refractivity contribution in [2.75, 3.05) is 0 Å². The summed E-state index contributed by atoms with van der Waals surface area (Å²) in [5.74, 6) is 0. The predicted molar refractivity (Wildman–Crippen MR) is 62.5 cm³/mol. The topological polar surface area (TPSA) is 53.4 Å². The van der Waals surface area contributed by atoms with Gasteiger partial charge in [0.25, 0.3) is 0 Å². The van der Waals surface area contributed by atoms with Crippen molar-refractivity contribution in [3.05, 3.63) is 30.7 Å². The molecule has 0 N–H and O–H groups in total. The lowest BCUT2D eigenvalue weighted by molar-refractivity contribution is -0.00874. The van der Waals surface area contributed by atoms with Gasteiger partial charge < -0.3 is 9.57 Å². The van der Waals surface area contributed by atoms with E-state index in [0.29, 0.717) is 0 Å². The first kappa shape index (κ1) is 11.4. The first-order valence-electron chi connectivity index (χ1n) is 5.28. The van der Waals surface area contributed by atoms with Crippen molar-refractivity contribution >= 4 is 17.1 Å². The van der Waals surface area contributed by atoms with Gasteiger partial charge in [0, 0.05) is 17.8 Å². The molecule has 0 atom stereocenters. The molecule has 0 bridgehead atoms. The molecule has 90 valence electrons. The molecule has 0 aliphatic heterocycles. The van der Waals surface area contributed by atoms with Gasteiger partial charge in [-0.1, -0.05) is 0 Å². The van der Waals surface area contributed by atoms with Gasteiger partial charge in [0.2, 0.25) is 0 Å². The number of hydrogen-bond acceptors (Lipinski definition) is 4. The third-order valence-electron chi connectivity index (χ3n) is 2.02. The fraction of sp³-hybridized carbons (Fsp3) is 0.333. The first-order chi connectivity index (χ1) is 7.96. The molecule has 0 radical (unpaired) electrons. The summed E-state index contributed by atoms with van der Waals surface area (Å²) in [7, 11) is 0. The lowest BCUT2D eigenvalue weighted by Gasteiger charge is -2.18. The van der Waals surface area contributed by atoms with Gasteiger partial charge in [0.1, 0.15) is 11.1 Å². The average molecular weight is 234 g/mol. The minimum Gasteiger partial charge on any atom is -0.427 e. The molecule has 17 heavy (non-hydrogen) atoms. The predicted octanol–water partition coefficient (Wildman–Crippen LogP) is 2.40. The van der Waals surface area contributed by atoms with Gasteiger partial charge >= 0.3 is 6.16 Å². The molecule has 0 spiro atoms. The van der Waals surface area contributed by atoms with Gasteiger partial charge in [-0.25, -0.2) is 4.79 Å². The van der Waals surface area contributed by atoms with E-state index in [4.69, 9.17) is 9.57 Å². The Balaban J connectivity index is 2.16. The van der Waals surface area contributed by atoms with Crippen LogP contribution in [0.2, 0.25) is 0 Å². The molecule has 0 amide bonds. The molecule has 2 aromatic rings. The summed E-state index contributed by atoms with van der Waals surface area (Å²) in [4.78, 5) is 20.5. The number of carbonyl (C=O) groups is 1. The van der Waals surface area contributed by atoms with Gasteiger partial charge in [-0.05, 0) is 32.9 Å². The normalized spacial score (nSPS) is 11.5. The first-order valence-corrected chi connectivity index (χ1v) is 5.28. The van der Waals surface area contributed by atoms with E-state index >= 15 is 0 Å². The van der Waals surface area contributed by atoms with Gasteiger partial charge in [-0.2, -0.15) is 4.73 Å². The number of hydrogen-bond donors (Lipinski definition) is 0. The number of ether oxygens (including phenoxy) is 1. The van der Waals surface area contributed by atoms with Crippen molar-refractivity contribution in [3.63, 3.8) is 0 Å². The van der Waals surface area contributed by atoms with E-state index in [1.54, 1.807) is 39.4 Å². The fourth-order valence-electron chi connectivity index (χ4n) is 1.38. The zero-order chi connectivity index (χ0) is 12.5. The fourth-order valence-corrected chi connectivity index (χ4v) is 1.38. The van der Waals surface area contributed by atoms with E-state index in [1.165, 1.54) is 4.73 Å². The summed E-state index contributed by atoms with van der Waals surface area (Å²) < 4.78 is 6.40. The largest absolute Gasteiger partial charge is 0.534 e. The van der Waals surface area contributed by atoms with Crippen molar-refractivity contribution in [2.45, 2.75) is 26.4 Å². The Morgan fingerprint density at radius 2 is 2.12 bits per heavy atom. The van der Waals surface area contributed by atoms with Crippen LogP contribution in [0.4, 0.5) is 4.79 Å². The van der Waals surface area contributed by atoms with Crippen molar-refractivity contribution in [3.8, 4) is 0 Å². The second-order valence-corrected chi connectivity index (χ2v) is 4.63. The SMILES string of the molecule is CC(C)(C)OC(=O)On1ccc2ccncc21. The minimum absolute atomic E-state index is 0.571. The molecule has 5 nitrogen and oxygen atoms in total. The lowest BCUT2D eigenvalue weighted by atomic mass is 10.2. The minimum atomic E-state index is -0.737. The number of pyridine rings is 1. The molecule has 5 heteroatoms. The third-order valence-corrected chi connectivity index (χ3v) is 2.02. The summed E-state index contributed by atoms with van der Waals surface area (Å²) in [5.41, 5.74) is 0.150. The molecule has 2 rings (SSSR count). The smallest absolute Gasteiger partial charge is 0.427 e. The summed E-state index contributed by atoms with van der Waals surface area (Å²) in [6.07, 6.45) is 4.22. The molecule has 0 unspecified atom stereocenters. The Kier molecular flexibility index (Phi) is 2.75. The molecule has 0 aliphatic rings. The summed E-state index contributed by atoms with van der Waals surface area (Å²) in [6, 6.07) is 3.67. The van der Waals surface area contributed by atoms with Crippen LogP contribution in [0.25, 0.3) is 10.9 Å². The van der Waals surface area contributed by atoms with E-state index < -0.39 is 11.8 Å². The van der Waals surface area contributed by atoms with Crippen molar-refractivity contribution < 1.29 is 14.4 Å². The number of rotatable bonds is 1. The summed E-state index contributed by atoms with van der Waals surface area (Å²) in [6.45, 7) is 5.34. The van der Waals surface area contributed by atoms with Crippen LogP contribution in [0.3, 0.4) is 0 Å². The van der Waals surface area contributed by atoms with Crippen LogP contribution in [0.5, 0.6) is 0 Å². The van der Waals surface area contributed by atoms with Crippen LogP contribution in [0.15, 0.2) is 30.7 Å². The Morgan fingerprint density at radius 3 is 2.82 bits per heavy atom. The standard InChI is InChI=1S/C12H14N2O3/c1-12(2,3)16-11(15)17-14-7-5-9-4-6-13-8-10(9)14/h4-8H,1-3H3. The highest BCUT2D eigenvalue weighted by molar-refractivity contribution is 5.79. The number of fused-ring (bicyclic) bond motifs is 1. The van der Waals surface area contributed by atoms with Crippen LogP contribution >= 0.6 is 0 Å². The second kappa shape index (κ2) is 4.08. The van der Waals surface area contributed by atoms with Gasteiger partial charge in [0.05, 0.1) is 6.20 Å². The maximum absolute atomic E-state index is 11.5. The Labute approximate surface area is 98.9 Å². The number of carbonyl (C=O) groups excluding carboxylic acids is 1. The maximum atomic E-state index is 11.5. The van der Waals surface area contributed by atoms with Crippen molar-refractivity contribution in [1.82, 2.24) is 9.71 Å². The average Bonchev–Trinajstić information content (AvgIpc) is 2.59. The highest BCUT2D eigenvalue weighted by Gasteiger charge is 2.18. The Hall–Kier alpha value is -2.04. The molecule has 0 aliphatic carbocycles. The van der Waals surface area contributed by atoms with E-state index in [2.05, 4.69) is 4.98 Å². The Morgan fingerprint density at radius 1 is 1.35 bits per heavy atom. The molecule has 0 aromatic carbocycles. The van der Waals surface area contributed by atoms with Crippen LogP contribution in [0, 0.1) is 0 Å². The van der Waals surface area contributed by atoms with E-state index in [-0.39, 0.29) is 0 Å². The zero-order valence-electron chi connectivity index (χ0n) is 10.0. The van der Waals surface area contributed by atoms with Crippen LogP contribution in [-0.2, 0) is 4.74 Å². The summed E-state index contributed by atoms with van der Waals surface area (Å²) >= 11 is 0. The third kappa shape index (κ3) is 2.75. The molecular formula is C12H14N2O3. The summed E-state index contributed by atoms with van der Waals surface area (Å²) in [5, 5.41) is 0.948.